The number of carbonyl (C=O) groups excluding carboxylic acids is 1. The van der Waals surface area contributed by atoms with Crippen LogP contribution in [0.1, 0.15) is 46.5 Å². The molecule has 1 aliphatic heterocycles. The van der Waals surface area contributed by atoms with Gasteiger partial charge in [0.15, 0.2) is 0 Å². The number of rotatable bonds is 0. The van der Waals surface area contributed by atoms with Gasteiger partial charge in [0.05, 0.1) is 12.0 Å². The van der Waals surface area contributed by atoms with Crippen LogP contribution in [0.4, 0.5) is 0 Å². The molecule has 0 spiro atoms. The van der Waals surface area contributed by atoms with Crippen molar-refractivity contribution in [1.29, 1.82) is 0 Å². The second-order valence-corrected chi connectivity index (χ2v) is 7.09. The summed E-state index contributed by atoms with van der Waals surface area (Å²) in [6.07, 6.45) is 2.16. The van der Waals surface area contributed by atoms with E-state index in [0.29, 0.717) is 0 Å². The van der Waals surface area contributed by atoms with Crippen molar-refractivity contribution in [1.82, 2.24) is 0 Å². The third kappa shape index (κ3) is 1.44. The van der Waals surface area contributed by atoms with Gasteiger partial charge < -0.3 is 14.9 Å². The van der Waals surface area contributed by atoms with E-state index in [4.69, 9.17) is 4.74 Å². The van der Waals surface area contributed by atoms with Gasteiger partial charge in [-0.15, -0.1) is 0 Å². The number of hydrogen-bond acceptors (Lipinski definition) is 4. The lowest BCUT2D eigenvalue weighted by molar-refractivity contribution is -0.262. The van der Waals surface area contributed by atoms with Crippen molar-refractivity contribution in [3.8, 4) is 0 Å². The number of esters is 1. The van der Waals surface area contributed by atoms with E-state index in [1.165, 1.54) is 0 Å². The molecule has 2 aliphatic carbocycles. The maximum absolute atomic E-state index is 11.9. The van der Waals surface area contributed by atoms with Gasteiger partial charge in [0, 0.05) is 11.3 Å². The molecule has 19 heavy (non-hydrogen) atoms. The topological polar surface area (TPSA) is 66.8 Å². The molecule has 0 aromatic heterocycles. The minimum atomic E-state index is -1.09. The predicted octanol–water partition coefficient (Wildman–Crippen LogP) is 1.49. The van der Waals surface area contributed by atoms with Crippen LogP contribution in [0.25, 0.3) is 0 Å². The largest absolute Gasteiger partial charge is 0.459 e. The molecule has 1 saturated heterocycles. The summed E-state index contributed by atoms with van der Waals surface area (Å²) in [6, 6.07) is 0. The number of ether oxygens (including phenoxy) is 1. The molecule has 2 N–H and O–H groups in total. The second kappa shape index (κ2) is 3.95. The molecular weight excluding hydrogens is 244 g/mol. The minimum absolute atomic E-state index is 0.0480. The third-order valence-electron chi connectivity index (χ3n) is 6.35. The molecule has 108 valence electrons. The van der Waals surface area contributed by atoms with E-state index in [9.17, 15) is 15.0 Å². The normalized spacial score (nSPS) is 57.3. The smallest absolute Gasteiger partial charge is 0.309 e. The quantitative estimate of drug-likeness (QED) is 0.653. The summed E-state index contributed by atoms with van der Waals surface area (Å²) in [6.45, 7) is 5.87. The van der Waals surface area contributed by atoms with Crippen LogP contribution in [-0.2, 0) is 9.53 Å². The highest BCUT2D eigenvalue weighted by atomic mass is 16.6. The maximum atomic E-state index is 11.9. The molecule has 7 atom stereocenters. The molecule has 0 aromatic rings. The Balaban J connectivity index is 2.05. The molecule has 0 radical (unpaired) electrons. The van der Waals surface area contributed by atoms with Crippen LogP contribution in [0.15, 0.2) is 0 Å². The number of carbonyl (C=O) groups is 1. The maximum Gasteiger partial charge on any atom is 0.309 e. The molecule has 0 bridgehead atoms. The van der Waals surface area contributed by atoms with Crippen molar-refractivity contribution in [2.45, 2.75) is 64.3 Å². The summed E-state index contributed by atoms with van der Waals surface area (Å²) in [5.74, 6) is -0.185. The molecule has 1 heterocycles. The molecule has 3 fully saturated rings. The average Bonchev–Trinajstić information content (AvgIpc) is 2.66. The van der Waals surface area contributed by atoms with Crippen molar-refractivity contribution >= 4 is 5.97 Å². The van der Waals surface area contributed by atoms with Gasteiger partial charge in [-0.1, -0.05) is 20.8 Å². The molecular formula is C15H24O4. The van der Waals surface area contributed by atoms with Crippen molar-refractivity contribution in [2.24, 2.45) is 23.2 Å². The zero-order valence-corrected chi connectivity index (χ0v) is 11.9. The highest BCUT2D eigenvalue weighted by Gasteiger charge is 2.68. The summed E-state index contributed by atoms with van der Waals surface area (Å²) in [7, 11) is 0. The molecule has 0 unspecified atom stereocenters. The fourth-order valence-electron chi connectivity index (χ4n) is 4.79. The fourth-order valence-corrected chi connectivity index (χ4v) is 4.79. The van der Waals surface area contributed by atoms with E-state index in [1.54, 1.807) is 0 Å². The molecule has 3 aliphatic rings. The van der Waals surface area contributed by atoms with Crippen LogP contribution in [0.2, 0.25) is 0 Å². The first kappa shape index (κ1) is 13.4. The van der Waals surface area contributed by atoms with Gasteiger partial charge in [-0.05, 0) is 31.6 Å². The molecule has 4 nitrogen and oxygen atoms in total. The summed E-state index contributed by atoms with van der Waals surface area (Å²) in [5, 5.41) is 21.8. The summed E-state index contributed by atoms with van der Waals surface area (Å²) < 4.78 is 5.53. The monoisotopic (exact) mass is 268 g/mol. The molecule has 3 rings (SSSR count). The van der Waals surface area contributed by atoms with Crippen LogP contribution in [-0.4, -0.2) is 34.0 Å². The molecule has 4 heteroatoms. The van der Waals surface area contributed by atoms with Crippen LogP contribution in [0.3, 0.4) is 0 Å². The van der Waals surface area contributed by atoms with E-state index in [-0.39, 0.29) is 23.7 Å². The summed E-state index contributed by atoms with van der Waals surface area (Å²) >= 11 is 0. The van der Waals surface area contributed by atoms with Gasteiger partial charge in [-0.2, -0.15) is 0 Å². The first-order chi connectivity index (χ1) is 8.82. The van der Waals surface area contributed by atoms with Crippen molar-refractivity contribution < 1.29 is 19.7 Å². The van der Waals surface area contributed by atoms with E-state index in [0.717, 1.165) is 25.7 Å². The Morgan fingerprint density at radius 3 is 2.63 bits per heavy atom. The fraction of sp³-hybridized carbons (Fsp3) is 0.933. The Morgan fingerprint density at radius 1 is 1.26 bits per heavy atom. The van der Waals surface area contributed by atoms with Crippen molar-refractivity contribution in [2.75, 3.05) is 0 Å². The predicted molar refractivity (Wildman–Crippen MR) is 69.2 cm³/mol. The van der Waals surface area contributed by atoms with Gasteiger partial charge in [-0.25, -0.2) is 0 Å². The lowest BCUT2D eigenvalue weighted by atomic mass is 9.49. The van der Waals surface area contributed by atoms with Crippen LogP contribution < -0.4 is 0 Å². The van der Waals surface area contributed by atoms with Crippen LogP contribution in [0, 0.1) is 23.2 Å². The number of hydrogen-bond donors (Lipinski definition) is 2. The van der Waals surface area contributed by atoms with Crippen molar-refractivity contribution in [3.63, 3.8) is 0 Å². The Hall–Kier alpha value is -0.610. The number of fused-ring (bicyclic) bond motifs is 3. The highest BCUT2D eigenvalue weighted by Crippen LogP contribution is 2.60. The Labute approximate surface area is 114 Å². The standard InChI is InChI=1S/C15H24O4/c1-8-4-5-11(16)14(3)7-6-10-9(2)13(17)19-12(10)15(8,14)18/h8-12,16,18H,4-7H2,1-3H3/t8-,9-,10-,11+,12-,14+,15+/m0/s1. The molecule has 0 amide bonds. The van der Waals surface area contributed by atoms with E-state index < -0.39 is 23.2 Å². The number of aliphatic hydroxyl groups is 2. The zero-order chi connectivity index (χ0) is 14.0. The summed E-state index contributed by atoms with van der Waals surface area (Å²) in [5.41, 5.74) is -1.65. The third-order valence-corrected chi connectivity index (χ3v) is 6.35. The zero-order valence-electron chi connectivity index (χ0n) is 11.9. The van der Waals surface area contributed by atoms with E-state index in [2.05, 4.69) is 0 Å². The van der Waals surface area contributed by atoms with Gasteiger partial charge >= 0.3 is 5.97 Å². The lowest BCUT2D eigenvalue weighted by Crippen LogP contribution is -2.69. The second-order valence-electron chi connectivity index (χ2n) is 7.09. The summed E-state index contributed by atoms with van der Waals surface area (Å²) in [4.78, 5) is 11.9. The SMILES string of the molecule is C[C@@H]1C(=O)O[C@H]2[C@H]1CC[C@]1(C)[C@H](O)CC[C@H](C)[C@@]21O. The van der Waals surface area contributed by atoms with Crippen LogP contribution in [0.5, 0.6) is 0 Å². The van der Waals surface area contributed by atoms with E-state index >= 15 is 0 Å². The van der Waals surface area contributed by atoms with Crippen molar-refractivity contribution in [3.05, 3.63) is 0 Å². The Kier molecular flexibility index (Phi) is 2.78. The molecule has 0 aromatic carbocycles. The molecule has 2 saturated carbocycles. The van der Waals surface area contributed by atoms with Crippen LogP contribution >= 0.6 is 0 Å². The first-order valence-corrected chi connectivity index (χ1v) is 7.43. The Bertz CT molecular complexity index is 409. The Morgan fingerprint density at radius 2 is 1.95 bits per heavy atom. The lowest BCUT2D eigenvalue weighted by Gasteiger charge is -2.60. The van der Waals surface area contributed by atoms with Gasteiger partial charge in [0.2, 0.25) is 0 Å². The number of aliphatic hydroxyl groups excluding tert-OH is 1. The van der Waals surface area contributed by atoms with Gasteiger partial charge in [0.1, 0.15) is 11.7 Å². The minimum Gasteiger partial charge on any atom is -0.459 e. The average molecular weight is 268 g/mol. The highest BCUT2D eigenvalue weighted by molar-refractivity contribution is 5.75. The van der Waals surface area contributed by atoms with Gasteiger partial charge in [0.25, 0.3) is 0 Å². The van der Waals surface area contributed by atoms with Gasteiger partial charge in [-0.3, -0.25) is 4.79 Å². The first-order valence-electron chi connectivity index (χ1n) is 7.43. The van der Waals surface area contributed by atoms with E-state index in [1.807, 2.05) is 20.8 Å².